The molecule has 3 heteroatoms. The predicted octanol–water partition coefficient (Wildman–Crippen LogP) is 2.36. The third kappa shape index (κ3) is 3.50. The van der Waals surface area contributed by atoms with Gasteiger partial charge in [-0.3, -0.25) is 9.48 Å². The van der Waals surface area contributed by atoms with Gasteiger partial charge in [0.25, 0.3) is 0 Å². The minimum atomic E-state index is 0.252. The molecule has 0 aliphatic heterocycles. The largest absolute Gasteiger partial charge is 0.299 e. The average molecular weight is 208 g/mol. The first-order chi connectivity index (χ1) is 7.17. The van der Waals surface area contributed by atoms with E-state index in [9.17, 15) is 4.79 Å². The van der Waals surface area contributed by atoms with Crippen molar-refractivity contribution in [2.24, 2.45) is 13.0 Å². The van der Waals surface area contributed by atoms with Crippen molar-refractivity contribution < 1.29 is 4.79 Å². The molecule has 1 aromatic heterocycles. The summed E-state index contributed by atoms with van der Waals surface area (Å²) in [6.45, 7) is 4.16. The predicted molar refractivity (Wildman–Crippen MR) is 60.6 cm³/mol. The van der Waals surface area contributed by atoms with Gasteiger partial charge in [-0.15, -0.1) is 0 Å². The molecule has 0 fully saturated rings. The van der Waals surface area contributed by atoms with Crippen molar-refractivity contribution in [2.75, 3.05) is 0 Å². The minimum absolute atomic E-state index is 0.252. The molecule has 1 heterocycles. The summed E-state index contributed by atoms with van der Waals surface area (Å²) in [6.07, 6.45) is 7.20. The van der Waals surface area contributed by atoms with Gasteiger partial charge in [0, 0.05) is 25.6 Å². The highest BCUT2D eigenvalue weighted by atomic mass is 16.1. The Kier molecular flexibility index (Phi) is 4.53. The Bertz CT molecular complexity index is 313. The maximum absolute atomic E-state index is 11.8. The van der Waals surface area contributed by atoms with Gasteiger partial charge in [-0.2, -0.15) is 5.10 Å². The summed E-state index contributed by atoms with van der Waals surface area (Å²) in [5, 5.41) is 4.09. The van der Waals surface area contributed by atoms with Crippen molar-refractivity contribution >= 4 is 5.78 Å². The molecule has 0 radical (unpaired) electrons. The highest BCUT2D eigenvalue weighted by molar-refractivity contribution is 5.81. The van der Waals surface area contributed by atoms with Crippen LogP contribution in [0.2, 0.25) is 0 Å². The second-order valence-electron chi connectivity index (χ2n) is 4.00. The number of aromatic nitrogens is 2. The molecule has 3 nitrogen and oxygen atoms in total. The SMILES string of the molecule is CCC(CC)C(=O)CCc1cnn(C)c1. The summed E-state index contributed by atoms with van der Waals surface area (Å²) in [5.41, 5.74) is 1.15. The normalized spacial score (nSPS) is 10.9. The number of carbonyl (C=O) groups is 1. The van der Waals surface area contributed by atoms with Gasteiger partial charge in [-0.25, -0.2) is 0 Å². The molecule has 0 aliphatic carbocycles. The summed E-state index contributed by atoms with van der Waals surface area (Å²) in [7, 11) is 1.90. The molecule has 1 aromatic rings. The first kappa shape index (κ1) is 12.0. The molecule has 0 saturated heterocycles. The standard InChI is InChI=1S/C12H20N2O/c1-4-11(5-2)12(15)7-6-10-8-13-14(3)9-10/h8-9,11H,4-7H2,1-3H3. The zero-order valence-electron chi connectivity index (χ0n) is 9.86. The Morgan fingerprint density at radius 3 is 2.60 bits per heavy atom. The Balaban J connectivity index is 2.40. The first-order valence-corrected chi connectivity index (χ1v) is 5.67. The number of ketones is 1. The number of Topliss-reactive ketones (excluding diaryl/α,β-unsaturated/α-hetero) is 1. The number of nitrogens with zero attached hydrogens (tertiary/aromatic N) is 2. The molecule has 0 bridgehead atoms. The van der Waals surface area contributed by atoms with E-state index in [1.165, 1.54) is 0 Å². The van der Waals surface area contributed by atoms with Gasteiger partial charge in [0.05, 0.1) is 6.20 Å². The van der Waals surface area contributed by atoms with Crippen LogP contribution in [0.3, 0.4) is 0 Å². The monoisotopic (exact) mass is 208 g/mol. The third-order valence-electron chi connectivity index (χ3n) is 2.86. The Labute approximate surface area is 91.5 Å². The highest BCUT2D eigenvalue weighted by Gasteiger charge is 2.13. The van der Waals surface area contributed by atoms with Crippen molar-refractivity contribution in [1.82, 2.24) is 9.78 Å². The van der Waals surface area contributed by atoms with Gasteiger partial charge in [-0.05, 0) is 24.8 Å². The van der Waals surface area contributed by atoms with Crippen LogP contribution in [-0.2, 0) is 18.3 Å². The maximum atomic E-state index is 11.8. The molecular formula is C12H20N2O. The molecule has 0 aliphatic rings. The molecule has 84 valence electrons. The van der Waals surface area contributed by atoms with E-state index in [1.54, 1.807) is 4.68 Å². The quantitative estimate of drug-likeness (QED) is 0.719. The molecule has 0 aromatic carbocycles. The number of aryl methyl sites for hydroxylation is 2. The van der Waals surface area contributed by atoms with E-state index in [1.807, 2.05) is 19.4 Å². The van der Waals surface area contributed by atoms with E-state index in [0.717, 1.165) is 24.8 Å². The summed E-state index contributed by atoms with van der Waals surface area (Å²) in [6, 6.07) is 0. The minimum Gasteiger partial charge on any atom is -0.299 e. The first-order valence-electron chi connectivity index (χ1n) is 5.67. The van der Waals surface area contributed by atoms with Crippen molar-refractivity contribution in [3.63, 3.8) is 0 Å². The van der Waals surface area contributed by atoms with Crippen LogP contribution in [0.25, 0.3) is 0 Å². The molecule has 0 N–H and O–H groups in total. The fourth-order valence-electron chi connectivity index (χ4n) is 1.82. The lowest BCUT2D eigenvalue weighted by atomic mass is 9.94. The average Bonchev–Trinajstić information content (AvgIpc) is 2.63. The van der Waals surface area contributed by atoms with E-state index in [4.69, 9.17) is 0 Å². The van der Waals surface area contributed by atoms with Crippen molar-refractivity contribution in [1.29, 1.82) is 0 Å². The van der Waals surface area contributed by atoms with Crippen LogP contribution in [0.4, 0.5) is 0 Å². The van der Waals surface area contributed by atoms with Gasteiger partial charge in [0.2, 0.25) is 0 Å². The molecule has 0 unspecified atom stereocenters. The third-order valence-corrected chi connectivity index (χ3v) is 2.86. The molecule has 0 saturated carbocycles. The van der Waals surface area contributed by atoms with E-state index in [-0.39, 0.29) is 5.92 Å². The Hall–Kier alpha value is -1.12. The van der Waals surface area contributed by atoms with Crippen molar-refractivity contribution in [2.45, 2.75) is 39.5 Å². The smallest absolute Gasteiger partial charge is 0.136 e. The topological polar surface area (TPSA) is 34.9 Å². The number of hydrogen-bond acceptors (Lipinski definition) is 2. The number of rotatable bonds is 6. The van der Waals surface area contributed by atoms with Gasteiger partial charge in [0.15, 0.2) is 0 Å². The van der Waals surface area contributed by atoms with Gasteiger partial charge >= 0.3 is 0 Å². The molecule has 0 amide bonds. The van der Waals surface area contributed by atoms with Gasteiger partial charge in [-0.1, -0.05) is 13.8 Å². The van der Waals surface area contributed by atoms with Crippen LogP contribution in [0.1, 0.15) is 38.7 Å². The molecule has 0 atom stereocenters. The second kappa shape index (κ2) is 5.69. The second-order valence-corrected chi connectivity index (χ2v) is 4.00. The molecule has 1 rings (SSSR count). The lowest BCUT2D eigenvalue weighted by Gasteiger charge is -2.09. The highest BCUT2D eigenvalue weighted by Crippen LogP contribution is 2.13. The number of carbonyl (C=O) groups excluding carboxylic acids is 1. The van der Waals surface area contributed by atoms with Crippen molar-refractivity contribution in [3.8, 4) is 0 Å². The van der Waals surface area contributed by atoms with Crippen LogP contribution in [0.5, 0.6) is 0 Å². The van der Waals surface area contributed by atoms with Crippen molar-refractivity contribution in [3.05, 3.63) is 18.0 Å². The summed E-state index contributed by atoms with van der Waals surface area (Å²) in [5.74, 6) is 0.644. The van der Waals surface area contributed by atoms with Crippen LogP contribution >= 0.6 is 0 Å². The lowest BCUT2D eigenvalue weighted by Crippen LogP contribution is -2.13. The lowest BCUT2D eigenvalue weighted by molar-refractivity contribution is -0.123. The summed E-state index contributed by atoms with van der Waals surface area (Å²) < 4.78 is 1.77. The fraction of sp³-hybridized carbons (Fsp3) is 0.667. The molecular weight excluding hydrogens is 188 g/mol. The molecule has 0 spiro atoms. The van der Waals surface area contributed by atoms with E-state index < -0.39 is 0 Å². The zero-order valence-corrected chi connectivity index (χ0v) is 9.86. The van der Waals surface area contributed by atoms with Gasteiger partial charge in [0.1, 0.15) is 5.78 Å². The van der Waals surface area contributed by atoms with Crippen LogP contribution in [0.15, 0.2) is 12.4 Å². The van der Waals surface area contributed by atoms with Gasteiger partial charge < -0.3 is 0 Å². The van der Waals surface area contributed by atoms with Crippen LogP contribution in [-0.4, -0.2) is 15.6 Å². The number of hydrogen-bond donors (Lipinski definition) is 0. The zero-order chi connectivity index (χ0) is 11.3. The van der Waals surface area contributed by atoms with E-state index in [0.29, 0.717) is 12.2 Å². The van der Waals surface area contributed by atoms with Crippen LogP contribution < -0.4 is 0 Å². The Morgan fingerprint density at radius 1 is 1.47 bits per heavy atom. The van der Waals surface area contributed by atoms with E-state index in [2.05, 4.69) is 18.9 Å². The summed E-state index contributed by atoms with van der Waals surface area (Å²) >= 11 is 0. The molecule has 15 heavy (non-hydrogen) atoms. The van der Waals surface area contributed by atoms with Crippen LogP contribution in [0, 0.1) is 5.92 Å². The maximum Gasteiger partial charge on any atom is 0.136 e. The van der Waals surface area contributed by atoms with E-state index >= 15 is 0 Å². The fourth-order valence-corrected chi connectivity index (χ4v) is 1.82. The Morgan fingerprint density at radius 2 is 2.13 bits per heavy atom. The summed E-state index contributed by atoms with van der Waals surface area (Å²) in [4.78, 5) is 11.8.